The number of hydrogen-bond donors (Lipinski definition) is 2. The van der Waals surface area contributed by atoms with Crippen LogP contribution < -0.4 is 10.6 Å². The summed E-state index contributed by atoms with van der Waals surface area (Å²) < 4.78 is 5.22. The van der Waals surface area contributed by atoms with Crippen LogP contribution in [0.5, 0.6) is 0 Å². The van der Waals surface area contributed by atoms with Crippen molar-refractivity contribution in [1.29, 1.82) is 0 Å². The van der Waals surface area contributed by atoms with Gasteiger partial charge in [0.05, 0.1) is 11.5 Å². The Labute approximate surface area is 133 Å². The number of thioether (sulfide) groups is 1. The average Bonchev–Trinajstić information content (AvgIpc) is 2.91. The molecule has 0 aliphatic carbocycles. The Hall–Kier alpha value is -2.21. The van der Waals surface area contributed by atoms with Gasteiger partial charge in [0.25, 0.3) is 5.91 Å². The zero-order chi connectivity index (χ0) is 16.1. The van der Waals surface area contributed by atoms with Crippen LogP contribution in [-0.2, 0) is 4.79 Å². The van der Waals surface area contributed by atoms with Gasteiger partial charge in [-0.3, -0.25) is 9.59 Å². The molecule has 0 saturated carbocycles. The highest BCUT2D eigenvalue weighted by atomic mass is 32.2. The number of carbonyl (C=O) groups excluding carboxylic acids is 2. The summed E-state index contributed by atoms with van der Waals surface area (Å²) in [6.45, 7) is 3.69. The van der Waals surface area contributed by atoms with Crippen LogP contribution in [0.3, 0.4) is 0 Å². The molecule has 0 fully saturated rings. The number of nitrogens with one attached hydrogen (secondary N) is 2. The van der Waals surface area contributed by atoms with E-state index in [0.717, 1.165) is 10.7 Å². The van der Waals surface area contributed by atoms with Crippen molar-refractivity contribution in [3.8, 4) is 0 Å². The maximum Gasteiger partial charge on any atom is 0.251 e. The molecule has 22 heavy (non-hydrogen) atoms. The zero-order valence-electron chi connectivity index (χ0n) is 12.7. The normalized spacial score (nSPS) is 11.8. The van der Waals surface area contributed by atoms with Gasteiger partial charge in [0.1, 0.15) is 5.76 Å². The van der Waals surface area contributed by atoms with E-state index in [9.17, 15) is 9.59 Å². The number of aryl methyl sites for hydroxylation is 1. The van der Waals surface area contributed by atoms with E-state index in [1.165, 1.54) is 11.8 Å². The maximum absolute atomic E-state index is 12.2. The number of hydrogen-bond acceptors (Lipinski definition) is 4. The highest BCUT2D eigenvalue weighted by molar-refractivity contribution is 8.00. The van der Waals surface area contributed by atoms with Crippen LogP contribution in [-0.4, -0.2) is 24.1 Å². The molecule has 0 bridgehead atoms. The predicted molar refractivity (Wildman–Crippen MR) is 87.2 cm³/mol. The quantitative estimate of drug-likeness (QED) is 0.831. The molecule has 1 aromatic carbocycles. The minimum absolute atomic E-state index is 0.125. The Morgan fingerprint density at radius 3 is 2.68 bits per heavy atom. The molecule has 2 amide bonds. The molecule has 1 aromatic heterocycles. The summed E-state index contributed by atoms with van der Waals surface area (Å²) in [4.78, 5) is 24.8. The SMILES string of the molecule is CNC(=O)c1cccc(NC(=O)[C@@H](C)Sc2ccoc2C)c1. The molecule has 0 spiro atoms. The summed E-state index contributed by atoms with van der Waals surface area (Å²) >= 11 is 1.43. The van der Waals surface area contributed by atoms with Gasteiger partial charge in [-0.2, -0.15) is 0 Å². The van der Waals surface area contributed by atoms with E-state index >= 15 is 0 Å². The van der Waals surface area contributed by atoms with Crippen molar-refractivity contribution in [2.75, 3.05) is 12.4 Å². The van der Waals surface area contributed by atoms with Crippen molar-refractivity contribution in [3.05, 3.63) is 47.9 Å². The van der Waals surface area contributed by atoms with E-state index in [1.54, 1.807) is 37.6 Å². The molecule has 5 nitrogen and oxygen atoms in total. The number of anilines is 1. The molecule has 2 N–H and O–H groups in total. The molecular weight excluding hydrogens is 300 g/mol. The molecule has 116 valence electrons. The van der Waals surface area contributed by atoms with Crippen LogP contribution in [0.4, 0.5) is 5.69 Å². The lowest BCUT2D eigenvalue weighted by Gasteiger charge is -2.12. The molecule has 0 saturated heterocycles. The van der Waals surface area contributed by atoms with Gasteiger partial charge in [0.15, 0.2) is 0 Å². The Kier molecular flexibility index (Phi) is 5.27. The third-order valence-electron chi connectivity index (χ3n) is 3.10. The van der Waals surface area contributed by atoms with E-state index in [1.807, 2.05) is 19.9 Å². The van der Waals surface area contributed by atoms with Gasteiger partial charge in [-0.1, -0.05) is 6.07 Å². The van der Waals surface area contributed by atoms with Crippen LogP contribution in [0.25, 0.3) is 0 Å². The highest BCUT2D eigenvalue weighted by Gasteiger charge is 2.17. The van der Waals surface area contributed by atoms with Gasteiger partial charge in [-0.15, -0.1) is 11.8 Å². The van der Waals surface area contributed by atoms with Gasteiger partial charge in [0, 0.05) is 23.2 Å². The molecule has 1 atom stereocenters. The standard InChI is InChI=1S/C16H18N2O3S/c1-10-14(7-8-21-10)22-11(2)15(19)18-13-6-4-5-12(9-13)16(20)17-3/h4-9,11H,1-3H3,(H,17,20)(H,18,19)/t11-/m1/s1. The second-order valence-electron chi connectivity index (χ2n) is 4.75. The lowest BCUT2D eigenvalue weighted by Crippen LogP contribution is -2.23. The van der Waals surface area contributed by atoms with Gasteiger partial charge < -0.3 is 15.1 Å². The average molecular weight is 318 g/mol. The van der Waals surface area contributed by atoms with E-state index < -0.39 is 0 Å². The fourth-order valence-electron chi connectivity index (χ4n) is 1.87. The maximum atomic E-state index is 12.2. The lowest BCUT2D eigenvalue weighted by atomic mass is 10.2. The van der Waals surface area contributed by atoms with Crippen molar-refractivity contribution >= 4 is 29.3 Å². The van der Waals surface area contributed by atoms with E-state index in [-0.39, 0.29) is 17.1 Å². The zero-order valence-corrected chi connectivity index (χ0v) is 13.5. The van der Waals surface area contributed by atoms with Crippen molar-refractivity contribution in [2.45, 2.75) is 24.0 Å². The van der Waals surface area contributed by atoms with Crippen LogP contribution in [0.1, 0.15) is 23.0 Å². The fraction of sp³-hybridized carbons (Fsp3) is 0.250. The molecule has 6 heteroatoms. The molecule has 2 rings (SSSR count). The van der Waals surface area contributed by atoms with Gasteiger partial charge in [0.2, 0.25) is 5.91 Å². The smallest absolute Gasteiger partial charge is 0.251 e. The first-order chi connectivity index (χ1) is 10.5. The minimum Gasteiger partial charge on any atom is -0.468 e. The number of rotatable bonds is 5. The van der Waals surface area contributed by atoms with Gasteiger partial charge >= 0.3 is 0 Å². The lowest BCUT2D eigenvalue weighted by molar-refractivity contribution is -0.115. The number of carbonyl (C=O) groups is 2. The molecule has 0 aliphatic heterocycles. The third-order valence-corrected chi connectivity index (χ3v) is 4.35. The van der Waals surface area contributed by atoms with Crippen LogP contribution in [0, 0.1) is 6.92 Å². The number of amides is 2. The van der Waals surface area contributed by atoms with E-state index in [0.29, 0.717) is 11.3 Å². The first kappa shape index (κ1) is 16.2. The van der Waals surface area contributed by atoms with Crippen LogP contribution in [0.2, 0.25) is 0 Å². The van der Waals surface area contributed by atoms with Crippen LogP contribution in [0.15, 0.2) is 45.9 Å². The van der Waals surface area contributed by atoms with Crippen molar-refractivity contribution in [1.82, 2.24) is 5.32 Å². The Balaban J connectivity index is 2.02. The number of benzene rings is 1. The van der Waals surface area contributed by atoms with E-state index in [2.05, 4.69) is 10.6 Å². The Bertz CT molecular complexity index is 682. The van der Waals surface area contributed by atoms with Crippen LogP contribution >= 0.6 is 11.8 Å². The van der Waals surface area contributed by atoms with Crippen molar-refractivity contribution in [2.24, 2.45) is 0 Å². The summed E-state index contributed by atoms with van der Waals surface area (Å²) in [5, 5.41) is 5.10. The summed E-state index contributed by atoms with van der Waals surface area (Å²) in [5.74, 6) is 0.485. The molecule has 1 heterocycles. The largest absolute Gasteiger partial charge is 0.468 e. The molecule has 2 aromatic rings. The van der Waals surface area contributed by atoms with Crippen molar-refractivity contribution < 1.29 is 14.0 Å². The molecular formula is C16H18N2O3S. The summed E-state index contributed by atoms with van der Waals surface area (Å²) in [7, 11) is 1.57. The fourth-order valence-corrected chi connectivity index (χ4v) is 2.76. The predicted octanol–water partition coefficient (Wildman–Crippen LogP) is 3.07. The Morgan fingerprint density at radius 1 is 1.27 bits per heavy atom. The molecule has 0 aliphatic rings. The molecule has 0 unspecified atom stereocenters. The molecule has 0 radical (unpaired) electrons. The minimum atomic E-state index is -0.278. The van der Waals surface area contributed by atoms with Gasteiger partial charge in [-0.25, -0.2) is 0 Å². The summed E-state index contributed by atoms with van der Waals surface area (Å²) in [6.07, 6.45) is 1.61. The van der Waals surface area contributed by atoms with Crippen molar-refractivity contribution in [3.63, 3.8) is 0 Å². The van der Waals surface area contributed by atoms with E-state index in [4.69, 9.17) is 4.42 Å². The highest BCUT2D eigenvalue weighted by Crippen LogP contribution is 2.28. The topological polar surface area (TPSA) is 71.3 Å². The van der Waals surface area contributed by atoms with Gasteiger partial charge in [-0.05, 0) is 38.1 Å². The Morgan fingerprint density at radius 2 is 2.05 bits per heavy atom. The summed E-state index contributed by atoms with van der Waals surface area (Å²) in [5.41, 5.74) is 1.11. The third kappa shape index (κ3) is 3.92. The number of furan rings is 1. The first-order valence-electron chi connectivity index (χ1n) is 6.85. The summed E-state index contributed by atoms with van der Waals surface area (Å²) in [6, 6.07) is 8.68. The monoisotopic (exact) mass is 318 g/mol. The second kappa shape index (κ2) is 7.17. The first-order valence-corrected chi connectivity index (χ1v) is 7.73. The second-order valence-corrected chi connectivity index (χ2v) is 6.13.